The van der Waals surface area contributed by atoms with Crippen molar-refractivity contribution in [2.24, 2.45) is 0 Å². The summed E-state index contributed by atoms with van der Waals surface area (Å²) in [5, 5.41) is 14.1. The van der Waals surface area contributed by atoms with Crippen molar-refractivity contribution in [3.05, 3.63) is 54.4 Å². The molecule has 24 heavy (non-hydrogen) atoms. The van der Waals surface area contributed by atoms with Crippen LogP contribution in [-0.2, 0) is 11.3 Å². The van der Waals surface area contributed by atoms with E-state index in [4.69, 9.17) is 0 Å². The van der Waals surface area contributed by atoms with E-state index in [1.54, 1.807) is 6.33 Å². The number of carbonyl (C=O) groups excluding carboxylic acids is 1. The molecule has 3 aromatic rings. The van der Waals surface area contributed by atoms with Gasteiger partial charge in [-0.1, -0.05) is 54.2 Å². The zero-order valence-electron chi connectivity index (χ0n) is 13.8. The fourth-order valence-electron chi connectivity index (χ4n) is 2.69. The molecule has 0 fully saturated rings. The second kappa shape index (κ2) is 7.49. The van der Waals surface area contributed by atoms with Crippen LogP contribution in [0.25, 0.3) is 10.8 Å². The van der Waals surface area contributed by atoms with Crippen LogP contribution in [-0.4, -0.2) is 26.4 Å². The average molecular weight is 340 g/mol. The number of hydrogen-bond acceptors (Lipinski definition) is 4. The van der Waals surface area contributed by atoms with E-state index in [9.17, 15) is 4.79 Å². The Morgan fingerprint density at radius 1 is 1.25 bits per heavy atom. The normalized spacial score (nSPS) is 12.2. The minimum atomic E-state index is -0.0479. The lowest BCUT2D eigenvalue weighted by atomic mass is 10.00. The number of nitrogens with one attached hydrogen (secondary N) is 1. The van der Waals surface area contributed by atoms with Crippen LogP contribution in [0.1, 0.15) is 25.5 Å². The number of thioether (sulfide) groups is 1. The van der Waals surface area contributed by atoms with E-state index in [2.05, 4.69) is 39.8 Å². The van der Waals surface area contributed by atoms with Crippen molar-refractivity contribution < 1.29 is 4.79 Å². The Labute approximate surface area is 145 Å². The van der Waals surface area contributed by atoms with Gasteiger partial charge in [0.1, 0.15) is 6.33 Å². The van der Waals surface area contributed by atoms with Gasteiger partial charge in [0.15, 0.2) is 5.16 Å². The molecule has 0 saturated carbocycles. The Morgan fingerprint density at radius 3 is 2.88 bits per heavy atom. The third-order valence-corrected chi connectivity index (χ3v) is 4.90. The molecular formula is C18H20N4OS. The van der Waals surface area contributed by atoms with Gasteiger partial charge in [0.05, 0.1) is 11.8 Å². The van der Waals surface area contributed by atoms with Crippen molar-refractivity contribution in [2.75, 3.05) is 5.75 Å². The van der Waals surface area contributed by atoms with Crippen molar-refractivity contribution in [1.29, 1.82) is 0 Å². The van der Waals surface area contributed by atoms with Gasteiger partial charge in [-0.15, -0.1) is 10.2 Å². The van der Waals surface area contributed by atoms with Crippen molar-refractivity contribution in [1.82, 2.24) is 20.1 Å². The topological polar surface area (TPSA) is 59.8 Å². The van der Waals surface area contributed by atoms with Gasteiger partial charge in [-0.25, -0.2) is 0 Å². The Balaban J connectivity index is 1.65. The van der Waals surface area contributed by atoms with E-state index < -0.39 is 0 Å². The molecule has 124 valence electrons. The molecule has 0 bridgehead atoms. The summed E-state index contributed by atoms with van der Waals surface area (Å²) in [6.07, 6.45) is 1.68. The highest BCUT2D eigenvalue weighted by atomic mass is 32.2. The van der Waals surface area contributed by atoms with E-state index in [-0.39, 0.29) is 11.9 Å². The summed E-state index contributed by atoms with van der Waals surface area (Å²) in [5.41, 5.74) is 1.13. The summed E-state index contributed by atoms with van der Waals surface area (Å²) in [6, 6.07) is 14.3. The largest absolute Gasteiger partial charge is 0.349 e. The highest BCUT2D eigenvalue weighted by Gasteiger charge is 2.13. The molecule has 2 aromatic carbocycles. The van der Waals surface area contributed by atoms with Crippen LogP contribution in [0, 0.1) is 0 Å². The third-order valence-electron chi connectivity index (χ3n) is 3.92. The smallest absolute Gasteiger partial charge is 0.230 e. The van der Waals surface area contributed by atoms with Crippen LogP contribution < -0.4 is 5.32 Å². The Hall–Kier alpha value is -2.34. The number of benzene rings is 2. The van der Waals surface area contributed by atoms with E-state index in [0.29, 0.717) is 5.75 Å². The Morgan fingerprint density at radius 2 is 2.04 bits per heavy atom. The molecule has 0 spiro atoms. The lowest BCUT2D eigenvalue weighted by Gasteiger charge is -2.16. The van der Waals surface area contributed by atoms with Gasteiger partial charge < -0.3 is 9.88 Å². The molecule has 1 N–H and O–H groups in total. The van der Waals surface area contributed by atoms with Crippen LogP contribution in [0.15, 0.2) is 53.9 Å². The maximum Gasteiger partial charge on any atom is 0.230 e. The maximum absolute atomic E-state index is 12.3. The molecule has 0 aliphatic carbocycles. The molecule has 0 unspecified atom stereocenters. The highest BCUT2D eigenvalue weighted by Crippen LogP contribution is 2.24. The zero-order chi connectivity index (χ0) is 16.9. The number of carbonyl (C=O) groups is 1. The van der Waals surface area contributed by atoms with Crippen molar-refractivity contribution in [3.63, 3.8) is 0 Å². The molecule has 1 amide bonds. The molecule has 0 saturated heterocycles. The van der Waals surface area contributed by atoms with Gasteiger partial charge in [-0.3, -0.25) is 4.79 Å². The quantitative estimate of drug-likeness (QED) is 0.699. The molecular weight excluding hydrogens is 320 g/mol. The molecule has 1 atom stereocenters. The van der Waals surface area contributed by atoms with Crippen LogP contribution >= 0.6 is 11.8 Å². The Bertz CT molecular complexity index is 840. The number of aryl methyl sites for hydroxylation is 1. The molecule has 1 aromatic heterocycles. The van der Waals surface area contributed by atoms with Crippen molar-refractivity contribution in [3.8, 4) is 0 Å². The molecule has 0 radical (unpaired) electrons. The maximum atomic E-state index is 12.3. The van der Waals surface area contributed by atoms with Crippen LogP contribution in [0.5, 0.6) is 0 Å². The van der Waals surface area contributed by atoms with Gasteiger partial charge in [-0.2, -0.15) is 0 Å². The second-order valence-electron chi connectivity index (χ2n) is 5.55. The molecule has 5 nitrogen and oxygen atoms in total. The monoisotopic (exact) mass is 340 g/mol. The predicted octanol–water partition coefficient (Wildman–Crippen LogP) is 3.42. The highest BCUT2D eigenvalue weighted by molar-refractivity contribution is 7.99. The van der Waals surface area contributed by atoms with E-state index >= 15 is 0 Å². The minimum absolute atomic E-state index is 0.00825. The first-order valence-corrected chi connectivity index (χ1v) is 8.95. The number of aromatic nitrogens is 3. The Kier molecular flexibility index (Phi) is 5.15. The average Bonchev–Trinajstić information content (AvgIpc) is 3.07. The second-order valence-corrected chi connectivity index (χ2v) is 6.49. The first kappa shape index (κ1) is 16.5. The molecule has 3 rings (SSSR count). The van der Waals surface area contributed by atoms with E-state index in [0.717, 1.165) is 17.3 Å². The SMILES string of the molecule is CCn1cnnc1SCC(=O)N[C@H](C)c1cccc2ccccc12. The molecule has 0 aliphatic rings. The van der Waals surface area contributed by atoms with Crippen LogP contribution in [0.4, 0.5) is 0 Å². The van der Waals surface area contributed by atoms with Gasteiger partial charge in [0.25, 0.3) is 0 Å². The summed E-state index contributed by atoms with van der Waals surface area (Å²) >= 11 is 1.40. The van der Waals surface area contributed by atoms with Gasteiger partial charge in [0.2, 0.25) is 5.91 Å². The summed E-state index contributed by atoms with van der Waals surface area (Å²) in [6.45, 7) is 4.83. The summed E-state index contributed by atoms with van der Waals surface area (Å²) in [5.74, 6) is 0.319. The summed E-state index contributed by atoms with van der Waals surface area (Å²) in [7, 11) is 0. The van der Waals surface area contributed by atoms with Crippen molar-refractivity contribution >= 4 is 28.4 Å². The van der Waals surface area contributed by atoms with Crippen molar-refractivity contribution in [2.45, 2.75) is 31.6 Å². The fraction of sp³-hybridized carbons (Fsp3) is 0.278. The number of fused-ring (bicyclic) bond motifs is 1. The first-order chi connectivity index (χ1) is 11.7. The number of nitrogens with zero attached hydrogens (tertiary/aromatic N) is 3. The van der Waals surface area contributed by atoms with Gasteiger partial charge >= 0.3 is 0 Å². The van der Waals surface area contributed by atoms with Crippen LogP contribution in [0.3, 0.4) is 0 Å². The van der Waals surface area contributed by atoms with E-state index in [1.807, 2.05) is 36.6 Å². The summed E-state index contributed by atoms with van der Waals surface area (Å²) < 4.78 is 1.92. The molecule has 0 aliphatic heterocycles. The minimum Gasteiger partial charge on any atom is -0.349 e. The van der Waals surface area contributed by atoms with E-state index in [1.165, 1.54) is 22.5 Å². The summed E-state index contributed by atoms with van der Waals surface area (Å²) in [4.78, 5) is 12.3. The number of hydrogen-bond donors (Lipinski definition) is 1. The zero-order valence-corrected chi connectivity index (χ0v) is 14.6. The first-order valence-electron chi connectivity index (χ1n) is 7.96. The molecule has 6 heteroatoms. The van der Waals surface area contributed by atoms with Crippen LogP contribution in [0.2, 0.25) is 0 Å². The standard InChI is InChI=1S/C18H20N4OS/c1-3-22-12-19-21-18(22)24-11-17(23)20-13(2)15-10-6-8-14-7-4-5-9-16(14)15/h4-10,12-13H,3,11H2,1-2H3,(H,20,23)/t13-/m1/s1. The lowest BCUT2D eigenvalue weighted by Crippen LogP contribution is -2.28. The lowest BCUT2D eigenvalue weighted by molar-refractivity contribution is -0.119. The number of amides is 1. The van der Waals surface area contributed by atoms with Gasteiger partial charge in [0, 0.05) is 6.54 Å². The molecule has 1 heterocycles. The third kappa shape index (κ3) is 3.59. The predicted molar refractivity (Wildman–Crippen MR) is 96.9 cm³/mol. The number of rotatable bonds is 6. The fourth-order valence-corrected chi connectivity index (χ4v) is 3.48. The van der Waals surface area contributed by atoms with Gasteiger partial charge in [-0.05, 0) is 30.2 Å².